The Bertz CT molecular complexity index is 2740. The second-order valence-electron chi connectivity index (χ2n) is 11.9. The molecule has 2 heterocycles. The number of para-hydroxylation sites is 1. The van der Waals surface area contributed by atoms with Crippen molar-refractivity contribution in [3.8, 4) is 34.0 Å². The van der Waals surface area contributed by atoms with Crippen LogP contribution >= 0.6 is 0 Å². The Balaban J connectivity index is 1.24. The molecule has 0 atom stereocenters. The van der Waals surface area contributed by atoms with Gasteiger partial charge in [0.2, 0.25) is 0 Å². The van der Waals surface area contributed by atoms with Gasteiger partial charge in [-0.05, 0) is 115 Å². The van der Waals surface area contributed by atoms with Crippen LogP contribution in [-0.4, -0.2) is 9.55 Å². The first kappa shape index (κ1) is 24.2. The molecule has 206 valence electrons. The van der Waals surface area contributed by atoms with E-state index in [1.165, 1.54) is 59.8 Å². The van der Waals surface area contributed by atoms with Crippen molar-refractivity contribution in [1.82, 2.24) is 9.55 Å². The first-order chi connectivity index (χ1) is 22.3. The van der Waals surface area contributed by atoms with Crippen LogP contribution in [0.3, 0.4) is 0 Å². The predicted molar refractivity (Wildman–Crippen MR) is 187 cm³/mol. The zero-order chi connectivity index (χ0) is 29.6. The summed E-state index contributed by atoms with van der Waals surface area (Å²) in [7, 11) is 0. The third kappa shape index (κ3) is 3.31. The predicted octanol–water partition coefficient (Wildman–Crippen LogP) is 10.9. The Morgan fingerprint density at radius 1 is 0.511 bits per heavy atom. The topological polar surface area (TPSA) is 41.6 Å². The van der Waals surface area contributed by atoms with Gasteiger partial charge in [0, 0.05) is 39.8 Å². The SMILES string of the molecule is N#Cc1ccc2c3c1ccc1c(-c4cc5ccc6cc(-c7cccnc7)cc7ccc(c4)c5c67)ccc(c13)n2-c1ccccc1. The van der Waals surface area contributed by atoms with Crippen molar-refractivity contribution in [3.63, 3.8) is 0 Å². The Hall–Kier alpha value is -6.24. The quantitative estimate of drug-likeness (QED) is 0.199. The van der Waals surface area contributed by atoms with Crippen LogP contribution in [0, 0.1) is 11.3 Å². The van der Waals surface area contributed by atoms with Crippen LogP contribution in [0.15, 0.2) is 140 Å². The van der Waals surface area contributed by atoms with Crippen LogP contribution < -0.4 is 0 Å². The number of nitriles is 1. The molecule has 0 saturated carbocycles. The highest BCUT2D eigenvalue weighted by Gasteiger charge is 2.21. The van der Waals surface area contributed by atoms with E-state index in [1.54, 1.807) is 0 Å². The van der Waals surface area contributed by atoms with Crippen LogP contribution in [0.4, 0.5) is 0 Å². The summed E-state index contributed by atoms with van der Waals surface area (Å²) in [5, 5.41) is 22.1. The van der Waals surface area contributed by atoms with Crippen molar-refractivity contribution in [3.05, 3.63) is 145 Å². The van der Waals surface area contributed by atoms with Crippen molar-refractivity contribution in [1.29, 1.82) is 5.26 Å². The fourth-order valence-corrected chi connectivity index (χ4v) is 7.65. The highest BCUT2D eigenvalue weighted by molar-refractivity contribution is 6.28. The van der Waals surface area contributed by atoms with Crippen molar-refractivity contribution in [2.75, 3.05) is 0 Å². The van der Waals surface area contributed by atoms with Crippen LogP contribution in [0.5, 0.6) is 0 Å². The van der Waals surface area contributed by atoms with Gasteiger partial charge in [0.05, 0.1) is 22.7 Å². The minimum Gasteiger partial charge on any atom is -0.309 e. The molecular formula is C42H23N3. The smallest absolute Gasteiger partial charge is 0.0998 e. The van der Waals surface area contributed by atoms with Gasteiger partial charge < -0.3 is 4.57 Å². The molecule has 0 radical (unpaired) electrons. The van der Waals surface area contributed by atoms with E-state index < -0.39 is 0 Å². The first-order valence-electron chi connectivity index (χ1n) is 15.2. The molecule has 3 heteroatoms. The fourth-order valence-electron chi connectivity index (χ4n) is 7.65. The minimum atomic E-state index is 0.705. The number of pyridine rings is 1. The summed E-state index contributed by atoms with van der Waals surface area (Å²) in [6, 6.07) is 48.2. The molecule has 0 unspecified atom stereocenters. The second-order valence-corrected chi connectivity index (χ2v) is 11.9. The number of hydrogen-bond donors (Lipinski definition) is 0. The van der Waals surface area contributed by atoms with Crippen LogP contribution in [0.25, 0.3) is 92.8 Å². The molecule has 8 aromatic carbocycles. The molecule has 45 heavy (non-hydrogen) atoms. The lowest BCUT2D eigenvalue weighted by molar-refractivity contribution is 1.18. The maximum atomic E-state index is 9.97. The zero-order valence-electron chi connectivity index (χ0n) is 24.1. The van der Waals surface area contributed by atoms with Gasteiger partial charge in [-0.25, -0.2) is 0 Å². The normalized spacial score (nSPS) is 12.0. The van der Waals surface area contributed by atoms with E-state index >= 15 is 0 Å². The molecule has 0 spiro atoms. The molecule has 0 fully saturated rings. The summed E-state index contributed by atoms with van der Waals surface area (Å²) < 4.78 is 2.33. The van der Waals surface area contributed by atoms with Crippen molar-refractivity contribution in [2.24, 2.45) is 0 Å². The number of hydrogen-bond acceptors (Lipinski definition) is 2. The van der Waals surface area contributed by atoms with Crippen molar-refractivity contribution >= 4 is 64.9 Å². The summed E-state index contributed by atoms with van der Waals surface area (Å²) in [5.74, 6) is 0. The number of aromatic nitrogens is 2. The summed E-state index contributed by atoms with van der Waals surface area (Å²) in [5.41, 5.74) is 8.79. The van der Waals surface area contributed by atoms with E-state index in [9.17, 15) is 5.26 Å². The molecule has 0 aliphatic rings. The van der Waals surface area contributed by atoms with Gasteiger partial charge in [0.25, 0.3) is 0 Å². The van der Waals surface area contributed by atoms with Gasteiger partial charge in [0.15, 0.2) is 0 Å². The van der Waals surface area contributed by atoms with E-state index in [1.807, 2.05) is 30.6 Å². The third-order valence-corrected chi connectivity index (χ3v) is 9.57. The van der Waals surface area contributed by atoms with Gasteiger partial charge in [0.1, 0.15) is 0 Å². The average molecular weight is 570 g/mol. The van der Waals surface area contributed by atoms with Gasteiger partial charge in [-0.15, -0.1) is 0 Å². The summed E-state index contributed by atoms with van der Waals surface area (Å²) in [6.07, 6.45) is 3.75. The van der Waals surface area contributed by atoms with E-state index in [2.05, 4.69) is 125 Å². The Morgan fingerprint density at radius 3 is 1.78 bits per heavy atom. The van der Waals surface area contributed by atoms with E-state index in [-0.39, 0.29) is 0 Å². The first-order valence-corrected chi connectivity index (χ1v) is 15.2. The number of rotatable bonds is 3. The van der Waals surface area contributed by atoms with Gasteiger partial charge >= 0.3 is 0 Å². The lowest BCUT2D eigenvalue weighted by atomic mass is 9.88. The van der Waals surface area contributed by atoms with Crippen molar-refractivity contribution < 1.29 is 0 Å². The summed E-state index contributed by atoms with van der Waals surface area (Å²) >= 11 is 0. The number of nitrogens with zero attached hydrogens (tertiary/aromatic N) is 3. The maximum Gasteiger partial charge on any atom is 0.0998 e. The Kier molecular flexibility index (Phi) is 4.79. The maximum absolute atomic E-state index is 9.97. The standard InChI is InChI=1S/C42H23N3/c43-23-29-12-16-37-41-35(29)13-14-36-34(15-17-38(42(36)41)45(37)33-6-2-1-3-7-33)32-21-27-10-8-25-19-31(30-5-4-18-44-24-30)20-26-9-11-28(22-32)40(27)39(25)26/h1-22,24H. The number of benzene rings is 8. The Morgan fingerprint density at radius 2 is 1.13 bits per heavy atom. The lowest BCUT2D eigenvalue weighted by Gasteiger charge is -2.15. The van der Waals surface area contributed by atoms with Gasteiger partial charge in [-0.1, -0.05) is 66.7 Å². The average Bonchev–Trinajstić information content (AvgIpc) is 3.45. The molecule has 0 aliphatic carbocycles. The van der Waals surface area contributed by atoms with Gasteiger partial charge in [-0.3, -0.25) is 4.98 Å². The molecule has 3 nitrogen and oxygen atoms in total. The third-order valence-electron chi connectivity index (χ3n) is 9.57. The van der Waals surface area contributed by atoms with Gasteiger partial charge in [-0.2, -0.15) is 5.26 Å². The zero-order valence-corrected chi connectivity index (χ0v) is 24.1. The van der Waals surface area contributed by atoms with Crippen LogP contribution in [0.1, 0.15) is 5.56 Å². The molecule has 0 amide bonds. The summed E-state index contributed by atoms with van der Waals surface area (Å²) in [4.78, 5) is 4.34. The van der Waals surface area contributed by atoms with E-state index in [0.29, 0.717) is 5.56 Å². The fraction of sp³-hybridized carbons (Fsp3) is 0. The minimum absolute atomic E-state index is 0.705. The van der Waals surface area contributed by atoms with Crippen molar-refractivity contribution in [2.45, 2.75) is 0 Å². The van der Waals surface area contributed by atoms with Crippen LogP contribution in [-0.2, 0) is 0 Å². The molecule has 0 saturated heterocycles. The second kappa shape index (κ2) is 8.89. The highest BCUT2D eigenvalue weighted by atomic mass is 15.0. The molecule has 0 N–H and O–H groups in total. The molecule has 10 rings (SSSR count). The van der Waals surface area contributed by atoms with E-state index in [4.69, 9.17) is 0 Å². The largest absolute Gasteiger partial charge is 0.309 e. The molecule has 2 aromatic heterocycles. The molecule has 10 aromatic rings. The molecule has 0 bridgehead atoms. The lowest BCUT2D eigenvalue weighted by Crippen LogP contribution is -1.93. The highest BCUT2D eigenvalue weighted by Crippen LogP contribution is 2.45. The molecule has 0 aliphatic heterocycles. The Labute approximate surface area is 258 Å². The summed E-state index contributed by atoms with van der Waals surface area (Å²) in [6.45, 7) is 0. The van der Waals surface area contributed by atoms with E-state index in [0.717, 1.165) is 33.1 Å². The molecular weight excluding hydrogens is 546 g/mol. The van der Waals surface area contributed by atoms with Crippen LogP contribution in [0.2, 0.25) is 0 Å². The monoisotopic (exact) mass is 569 g/mol.